The number of aromatic nitrogens is 2. The molecule has 188 valence electrons. The van der Waals surface area contributed by atoms with E-state index in [1.165, 1.54) is 11.1 Å². The average molecular weight is 492 g/mol. The zero-order chi connectivity index (χ0) is 26.6. The summed E-state index contributed by atoms with van der Waals surface area (Å²) in [6.45, 7) is 10.6. The number of aryl methyl sites for hydroxylation is 2. The molecule has 1 unspecified atom stereocenters. The molecule has 0 bridgehead atoms. The minimum absolute atomic E-state index is 0.0137. The zero-order valence-electron chi connectivity index (χ0n) is 22.1. The molecule has 0 saturated heterocycles. The van der Waals surface area contributed by atoms with Crippen LogP contribution in [-0.2, 0) is 16.6 Å². The molecular weight excluding hydrogens is 458 g/mol. The minimum atomic E-state index is -0.617. The third-order valence-electron chi connectivity index (χ3n) is 6.65. The first-order valence-electron chi connectivity index (χ1n) is 12.5. The predicted octanol–water partition coefficient (Wildman–Crippen LogP) is 6.26. The van der Waals surface area contributed by atoms with E-state index in [-0.39, 0.29) is 11.3 Å². The molecule has 4 aromatic rings. The van der Waals surface area contributed by atoms with E-state index in [4.69, 9.17) is 0 Å². The van der Waals surface area contributed by atoms with E-state index in [0.29, 0.717) is 17.8 Å². The molecule has 1 atom stereocenters. The molecule has 1 heterocycles. The van der Waals surface area contributed by atoms with Gasteiger partial charge in [0.05, 0.1) is 6.04 Å². The van der Waals surface area contributed by atoms with Crippen molar-refractivity contribution in [2.45, 2.75) is 52.5 Å². The van der Waals surface area contributed by atoms with Gasteiger partial charge < -0.3 is 10.1 Å². The molecule has 1 N–H and O–H groups in total. The highest BCUT2D eigenvalue weighted by Gasteiger charge is 2.17. The fraction of sp³-hybridized carbons (Fsp3) is 0.250. The Bertz CT molecular complexity index is 1380. The Morgan fingerprint density at radius 3 is 2.03 bits per heavy atom. The molecule has 0 aliphatic rings. The van der Waals surface area contributed by atoms with Crippen molar-refractivity contribution in [1.82, 2.24) is 15.3 Å². The maximum absolute atomic E-state index is 12.7. The van der Waals surface area contributed by atoms with Crippen molar-refractivity contribution in [2.24, 2.45) is 0 Å². The van der Waals surface area contributed by atoms with Gasteiger partial charge in [0.1, 0.15) is 6.29 Å². The van der Waals surface area contributed by atoms with Crippen LogP contribution in [0.1, 0.15) is 53.4 Å². The lowest BCUT2D eigenvalue weighted by Crippen LogP contribution is -2.37. The molecule has 37 heavy (non-hydrogen) atoms. The van der Waals surface area contributed by atoms with Crippen molar-refractivity contribution in [2.75, 3.05) is 0 Å². The monoisotopic (exact) mass is 491 g/mol. The van der Waals surface area contributed by atoms with Crippen LogP contribution in [0, 0.1) is 13.8 Å². The normalized spacial score (nSPS) is 12.1. The number of benzene rings is 3. The molecule has 3 aromatic carbocycles. The summed E-state index contributed by atoms with van der Waals surface area (Å²) in [6.07, 6.45) is 4.87. The maximum Gasteiger partial charge on any atom is 0.251 e. The summed E-state index contributed by atoms with van der Waals surface area (Å²) in [5, 5.41) is 2.83. The van der Waals surface area contributed by atoms with Gasteiger partial charge in [-0.05, 0) is 65.6 Å². The zero-order valence-corrected chi connectivity index (χ0v) is 22.1. The van der Waals surface area contributed by atoms with E-state index < -0.39 is 6.04 Å². The Balaban J connectivity index is 1.39. The summed E-state index contributed by atoms with van der Waals surface area (Å²) < 4.78 is 0. The van der Waals surface area contributed by atoms with Crippen LogP contribution in [-0.4, -0.2) is 28.2 Å². The fourth-order valence-corrected chi connectivity index (χ4v) is 4.10. The molecule has 0 spiro atoms. The van der Waals surface area contributed by atoms with E-state index in [0.717, 1.165) is 34.1 Å². The van der Waals surface area contributed by atoms with Crippen molar-refractivity contribution in [3.05, 3.63) is 107 Å². The van der Waals surface area contributed by atoms with Crippen LogP contribution in [0.2, 0.25) is 0 Å². The Hall–Kier alpha value is -4.12. The van der Waals surface area contributed by atoms with E-state index >= 15 is 0 Å². The van der Waals surface area contributed by atoms with Gasteiger partial charge in [0.15, 0.2) is 5.82 Å². The highest BCUT2D eigenvalue weighted by atomic mass is 16.2. The molecular formula is C32H33N3O2. The number of carbonyl (C=O) groups excluding carboxylic acids is 2. The van der Waals surface area contributed by atoms with Gasteiger partial charge in [-0.25, -0.2) is 9.97 Å². The highest BCUT2D eigenvalue weighted by Crippen LogP contribution is 2.24. The second-order valence-corrected chi connectivity index (χ2v) is 10.5. The van der Waals surface area contributed by atoms with E-state index in [1.54, 1.807) is 12.1 Å². The van der Waals surface area contributed by atoms with Crippen LogP contribution >= 0.6 is 0 Å². The molecule has 0 saturated carbocycles. The van der Waals surface area contributed by atoms with Crippen LogP contribution in [0.25, 0.3) is 22.5 Å². The molecule has 0 aliphatic carbocycles. The Labute approximate surface area is 219 Å². The number of nitrogens with zero attached hydrogens (tertiary/aromatic N) is 2. The van der Waals surface area contributed by atoms with Gasteiger partial charge >= 0.3 is 0 Å². The van der Waals surface area contributed by atoms with Gasteiger partial charge in [-0.2, -0.15) is 0 Å². The summed E-state index contributed by atoms with van der Waals surface area (Å²) in [4.78, 5) is 33.5. The summed E-state index contributed by atoms with van der Waals surface area (Å²) in [7, 11) is 0. The summed E-state index contributed by atoms with van der Waals surface area (Å²) in [5.74, 6) is 0.379. The molecule has 1 amide bonds. The summed E-state index contributed by atoms with van der Waals surface area (Å²) in [5.41, 5.74) is 8.10. The number of amides is 1. The van der Waals surface area contributed by atoms with Crippen LogP contribution in [0.4, 0.5) is 0 Å². The number of hydrogen-bond donors (Lipinski definition) is 1. The first-order valence-corrected chi connectivity index (χ1v) is 12.5. The third-order valence-corrected chi connectivity index (χ3v) is 6.65. The molecule has 5 nitrogen and oxygen atoms in total. The van der Waals surface area contributed by atoms with Crippen LogP contribution in [0.15, 0.2) is 79.1 Å². The number of aldehydes is 1. The number of hydrogen-bond acceptors (Lipinski definition) is 4. The van der Waals surface area contributed by atoms with E-state index in [1.807, 2.05) is 48.8 Å². The lowest BCUT2D eigenvalue weighted by atomic mass is 9.86. The average Bonchev–Trinajstić information content (AvgIpc) is 2.90. The SMILES string of the molecule is Cc1ccc(-c2cnc(-c3ccc(CC(C=O)NC(=O)c4ccc(C(C)(C)C)cc4)cc3)nc2)cc1C. The second kappa shape index (κ2) is 10.9. The highest BCUT2D eigenvalue weighted by molar-refractivity contribution is 5.95. The van der Waals surface area contributed by atoms with E-state index in [9.17, 15) is 9.59 Å². The lowest BCUT2D eigenvalue weighted by Gasteiger charge is -2.19. The topological polar surface area (TPSA) is 72.0 Å². The molecule has 0 fully saturated rings. The predicted molar refractivity (Wildman–Crippen MR) is 149 cm³/mol. The third kappa shape index (κ3) is 6.36. The number of carbonyl (C=O) groups is 2. The molecule has 0 radical (unpaired) electrons. The van der Waals surface area contributed by atoms with Gasteiger partial charge in [-0.15, -0.1) is 0 Å². The Kier molecular flexibility index (Phi) is 7.63. The van der Waals surface area contributed by atoms with Gasteiger partial charge in [-0.1, -0.05) is 75.4 Å². The standard InChI is InChI=1S/C32H33N3O2/c1-21-6-9-26(16-22(21)2)27-18-33-30(34-19-27)24-10-7-23(8-11-24)17-29(20-36)35-31(37)25-12-14-28(15-13-25)32(3,4)5/h6-16,18-20,29H,17H2,1-5H3,(H,35,37). The second-order valence-electron chi connectivity index (χ2n) is 10.5. The van der Waals surface area contributed by atoms with Crippen LogP contribution in [0.3, 0.4) is 0 Å². The van der Waals surface area contributed by atoms with Gasteiger partial charge in [0.25, 0.3) is 5.91 Å². The van der Waals surface area contributed by atoms with Gasteiger partial charge in [0.2, 0.25) is 0 Å². The molecule has 0 aliphatic heterocycles. The fourth-order valence-electron chi connectivity index (χ4n) is 4.10. The first kappa shape index (κ1) is 26.0. The molecule has 4 rings (SSSR count). The van der Waals surface area contributed by atoms with Gasteiger partial charge in [-0.3, -0.25) is 4.79 Å². The largest absolute Gasteiger partial charge is 0.342 e. The van der Waals surface area contributed by atoms with Crippen LogP contribution in [0.5, 0.6) is 0 Å². The maximum atomic E-state index is 12.7. The van der Waals surface area contributed by atoms with Gasteiger partial charge in [0, 0.05) is 29.1 Å². The van der Waals surface area contributed by atoms with Crippen molar-refractivity contribution >= 4 is 12.2 Å². The lowest BCUT2D eigenvalue weighted by molar-refractivity contribution is -0.109. The van der Waals surface area contributed by atoms with Crippen molar-refractivity contribution in [3.8, 4) is 22.5 Å². The number of nitrogens with one attached hydrogen (secondary N) is 1. The summed E-state index contributed by atoms with van der Waals surface area (Å²) >= 11 is 0. The Morgan fingerprint density at radius 2 is 1.46 bits per heavy atom. The molecule has 1 aromatic heterocycles. The number of rotatable bonds is 7. The first-order chi connectivity index (χ1) is 17.6. The summed E-state index contributed by atoms with van der Waals surface area (Å²) in [6, 6.07) is 21.0. The Morgan fingerprint density at radius 1 is 0.838 bits per heavy atom. The smallest absolute Gasteiger partial charge is 0.251 e. The van der Waals surface area contributed by atoms with Crippen molar-refractivity contribution < 1.29 is 9.59 Å². The van der Waals surface area contributed by atoms with Crippen molar-refractivity contribution in [3.63, 3.8) is 0 Å². The van der Waals surface area contributed by atoms with Crippen LogP contribution < -0.4 is 5.32 Å². The quantitative estimate of drug-likeness (QED) is 0.310. The minimum Gasteiger partial charge on any atom is -0.342 e. The van der Waals surface area contributed by atoms with E-state index in [2.05, 4.69) is 68.1 Å². The van der Waals surface area contributed by atoms with Crippen molar-refractivity contribution in [1.29, 1.82) is 0 Å². The molecule has 5 heteroatoms.